The lowest BCUT2D eigenvalue weighted by molar-refractivity contribution is -0.139. The number of hydrogen-bond acceptors (Lipinski definition) is 5. The predicted molar refractivity (Wildman–Crippen MR) is 108 cm³/mol. The largest absolute Gasteiger partial charge is 0.486 e. The van der Waals surface area contributed by atoms with E-state index in [0.29, 0.717) is 50.4 Å². The summed E-state index contributed by atoms with van der Waals surface area (Å²) in [5.41, 5.74) is -0.267. The molecule has 11 heteroatoms. The van der Waals surface area contributed by atoms with Gasteiger partial charge >= 0.3 is 6.18 Å². The summed E-state index contributed by atoms with van der Waals surface area (Å²) in [4.78, 5) is 1.27. The summed E-state index contributed by atoms with van der Waals surface area (Å²) < 4.78 is 78.2. The van der Waals surface area contributed by atoms with E-state index in [2.05, 4.69) is 0 Å². The molecule has 2 heterocycles. The maximum Gasteiger partial charge on any atom is 0.417 e. The zero-order chi connectivity index (χ0) is 22.2. The Labute approximate surface area is 183 Å². The van der Waals surface area contributed by atoms with Crippen molar-refractivity contribution in [3.8, 4) is 11.5 Å². The summed E-state index contributed by atoms with van der Waals surface area (Å²) in [5, 5.41) is -0.171. The molecule has 0 saturated carbocycles. The van der Waals surface area contributed by atoms with Gasteiger partial charge in [0.2, 0.25) is 10.0 Å². The number of benzene rings is 2. The average molecular weight is 477 g/mol. The molecule has 1 saturated heterocycles. The highest BCUT2D eigenvalue weighted by Crippen LogP contribution is 2.37. The highest BCUT2D eigenvalue weighted by atomic mass is 35.5. The predicted octanol–water partition coefficient (Wildman–Crippen LogP) is 3.64. The summed E-state index contributed by atoms with van der Waals surface area (Å²) in [6, 6.07) is 8.36. The SMILES string of the molecule is O=S(=O)(c1ccc(Cl)cc1C(F)(F)F)N1CCN(Cc2ccc3c(c2)OCCO3)CC1. The summed E-state index contributed by atoms with van der Waals surface area (Å²) in [6.45, 7) is 2.52. The first-order valence-corrected chi connectivity index (χ1v) is 11.4. The lowest BCUT2D eigenvalue weighted by Crippen LogP contribution is -2.48. The maximum absolute atomic E-state index is 13.4. The standard InChI is InChI=1S/C20H20ClF3N2O4S/c21-15-2-4-19(16(12-15)20(22,23)24)31(27,28)26-7-5-25(6-8-26)13-14-1-3-17-18(11-14)30-10-9-29-17/h1-4,11-12H,5-10,13H2. The second kappa shape index (κ2) is 8.50. The van der Waals surface area contributed by atoms with E-state index in [1.54, 1.807) is 0 Å². The van der Waals surface area contributed by atoms with Crippen LogP contribution in [0.1, 0.15) is 11.1 Å². The van der Waals surface area contributed by atoms with Crippen molar-refractivity contribution in [2.24, 2.45) is 0 Å². The van der Waals surface area contributed by atoms with Crippen LogP contribution in [0.25, 0.3) is 0 Å². The molecule has 168 valence electrons. The fourth-order valence-corrected chi connectivity index (χ4v) is 5.45. The van der Waals surface area contributed by atoms with Gasteiger partial charge < -0.3 is 9.47 Å². The molecular formula is C20H20ClF3N2O4S. The van der Waals surface area contributed by atoms with Gasteiger partial charge in [-0.15, -0.1) is 0 Å². The molecule has 1 fully saturated rings. The molecule has 6 nitrogen and oxygen atoms in total. The molecule has 0 spiro atoms. The Bertz CT molecular complexity index is 1070. The average Bonchev–Trinajstić information content (AvgIpc) is 2.73. The molecule has 2 aromatic rings. The molecule has 0 N–H and O–H groups in total. The minimum atomic E-state index is -4.83. The van der Waals surface area contributed by atoms with Crippen molar-refractivity contribution < 1.29 is 31.1 Å². The normalized spacial score (nSPS) is 18.2. The van der Waals surface area contributed by atoms with Crippen LogP contribution < -0.4 is 9.47 Å². The molecule has 0 bridgehead atoms. The van der Waals surface area contributed by atoms with Crippen LogP contribution in [0.4, 0.5) is 13.2 Å². The minimum absolute atomic E-state index is 0.0901. The van der Waals surface area contributed by atoms with Crippen molar-refractivity contribution in [2.75, 3.05) is 39.4 Å². The molecule has 0 amide bonds. The highest BCUT2D eigenvalue weighted by Gasteiger charge is 2.40. The van der Waals surface area contributed by atoms with Gasteiger partial charge in [0.05, 0.1) is 10.5 Å². The zero-order valence-electron chi connectivity index (χ0n) is 16.4. The summed E-state index contributed by atoms with van der Waals surface area (Å²) in [6.07, 6.45) is -4.83. The van der Waals surface area contributed by atoms with Crippen molar-refractivity contribution >= 4 is 21.6 Å². The van der Waals surface area contributed by atoms with Crippen LogP contribution in [0.3, 0.4) is 0 Å². The highest BCUT2D eigenvalue weighted by molar-refractivity contribution is 7.89. The molecule has 0 atom stereocenters. The van der Waals surface area contributed by atoms with Gasteiger partial charge in [-0.3, -0.25) is 4.90 Å². The fourth-order valence-electron chi connectivity index (χ4n) is 3.66. The molecule has 0 aliphatic carbocycles. The maximum atomic E-state index is 13.4. The second-order valence-corrected chi connectivity index (χ2v) is 9.64. The second-order valence-electron chi connectivity index (χ2n) is 7.30. The monoisotopic (exact) mass is 476 g/mol. The lowest BCUT2D eigenvalue weighted by atomic mass is 10.1. The van der Waals surface area contributed by atoms with Crippen LogP contribution in [0.15, 0.2) is 41.3 Å². The third-order valence-electron chi connectivity index (χ3n) is 5.21. The van der Waals surface area contributed by atoms with E-state index in [4.69, 9.17) is 21.1 Å². The third kappa shape index (κ3) is 4.77. The molecule has 0 radical (unpaired) electrons. The van der Waals surface area contributed by atoms with Crippen LogP contribution >= 0.6 is 11.6 Å². The zero-order valence-corrected chi connectivity index (χ0v) is 17.9. The lowest BCUT2D eigenvalue weighted by Gasteiger charge is -2.34. The van der Waals surface area contributed by atoms with E-state index < -0.39 is 26.7 Å². The molecule has 2 aromatic carbocycles. The summed E-state index contributed by atoms with van der Waals surface area (Å²) in [7, 11) is -4.31. The number of fused-ring (bicyclic) bond motifs is 1. The van der Waals surface area contributed by atoms with E-state index in [1.165, 1.54) is 0 Å². The van der Waals surface area contributed by atoms with Gasteiger partial charge in [-0.05, 0) is 35.9 Å². The van der Waals surface area contributed by atoms with Crippen molar-refractivity contribution in [1.29, 1.82) is 0 Å². The topological polar surface area (TPSA) is 59.1 Å². The quantitative estimate of drug-likeness (QED) is 0.674. The Morgan fingerprint density at radius 1 is 0.935 bits per heavy atom. The number of halogens is 4. The van der Waals surface area contributed by atoms with Gasteiger partial charge in [0, 0.05) is 37.7 Å². The molecule has 0 unspecified atom stereocenters. The molecule has 2 aliphatic heterocycles. The van der Waals surface area contributed by atoms with Crippen molar-refractivity contribution in [3.63, 3.8) is 0 Å². The third-order valence-corrected chi connectivity index (χ3v) is 7.40. The van der Waals surface area contributed by atoms with E-state index in [-0.39, 0.29) is 18.1 Å². The fraction of sp³-hybridized carbons (Fsp3) is 0.400. The Balaban J connectivity index is 1.45. The first-order chi connectivity index (χ1) is 14.6. The Kier molecular flexibility index (Phi) is 6.08. The first-order valence-electron chi connectivity index (χ1n) is 9.62. The number of rotatable bonds is 4. The van der Waals surface area contributed by atoms with Gasteiger partial charge in [-0.2, -0.15) is 17.5 Å². The molecule has 2 aliphatic rings. The van der Waals surface area contributed by atoms with Crippen LogP contribution in [-0.4, -0.2) is 57.0 Å². The Morgan fingerprint density at radius 3 is 2.29 bits per heavy atom. The van der Waals surface area contributed by atoms with Gasteiger partial charge in [0.15, 0.2) is 11.5 Å². The Morgan fingerprint density at radius 2 is 1.61 bits per heavy atom. The number of alkyl halides is 3. The van der Waals surface area contributed by atoms with E-state index >= 15 is 0 Å². The number of sulfonamides is 1. The molecule has 4 rings (SSSR count). The number of nitrogens with zero attached hydrogens (tertiary/aromatic N) is 2. The van der Waals surface area contributed by atoms with Crippen LogP contribution in [-0.2, 0) is 22.7 Å². The van der Waals surface area contributed by atoms with E-state index in [0.717, 1.165) is 22.0 Å². The minimum Gasteiger partial charge on any atom is -0.486 e. The van der Waals surface area contributed by atoms with Crippen LogP contribution in [0.2, 0.25) is 5.02 Å². The molecule has 31 heavy (non-hydrogen) atoms. The van der Waals surface area contributed by atoms with Crippen LogP contribution in [0.5, 0.6) is 11.5 Å². The smallest absolute Gasteiger partial charge is 0.417 e. The van der Waals surface area contributed by atoms with Crippen LogP contribution in [0, 0.1) is 0 Å². The van der Waals surface area contributed by atoms with Gasteiger partial charge in [-0.1, -0.05) is 17.7 Å². The van der Waals surface area contributed by atoms with Gasteiger partial charge in [0.25, 0.3) is 0 Å². The first kappa shape index (κ1) is 22.2. The number of ether oxygens (including phenoxy) is 2. The van der Waals surface area contributed by atoms with Gasteiger partial charge in [0.1, 0.15) is 13.2 Å². The number of hydrogen-bond donors (Lipinski definition) is 0. The van der Waals surface area contributed by atoms with Gasteiger partial charge in [-0.25, -0.2) is 8.42 Å². The molecule has 0 aromatic heterocycles. The van der Waals surface area contributed by atoms with Crippen molar-refractivity contribution in [2.45, 2.75) is 17.6 Å². The number of piperazine rings is 1. The van der Waals surface area contributed by atoms with E-state index in [9.17, 15) is 21.6 Å². The summed E-state index contributed by atoms with van der Waals surface area (Å²) >= 11 is 5.67. The van der Waals surface area contributed by atoms with Crippen molar-refractivity contribution in [1.82, 2.24) is 9.21 Å². The molecular weight excluding hydrogens is 457 g/mol. The van der Waals surface area contributed by atoms with Crippen molar-refractivity contribution in [3.05, 3.63) is 52.5 Å². The Hall–Kier alpha value is -2.01. The van der Waals surface area contributed by atoms with E-state index in [1.807, 2.05) is 23.1 Å². The summed E-state index contributed by atoms with van der Waals surface area (Å²) in [5.74, 6) is 1.36.